The Kier molecular flexibility index (Phi) is 4.27. The van der Waals surface area contributed by atoms with Crippen LogP contribution in [0.25, 0.3) is 0 Å². The fourth-order valence-corrected chi connectivity index (χ4v) is 2.90. The van der Waals surface area contributed by atoms with Crippen LogP contribution in [0.4, 0.5) is 0 Å². The standard InChI is InChI=1S/C11H15NO4.ClH/c1-16-11(15)8-5-2-3-6(9(8)12)10(14)7(13)4-5;/h5-6,8-9H,2-4,12H2,1H3;1H. The molecule has 0 radical (unpaired) electrons. The molecule has 2 N–H and O–H groups in total. The van der Waals surface area contributed by atoms with Crippen LogP contribution in [-0.4, -0.2) is 30.7 Å². The smallest absolute Gasteiger partial charge is 0.310 e. The summed E-state index contributed by atoms with van der Waals surface area (Å²) in [4.78, 5) is 34.8. The maximum absolute atomic E-state index is 11.7. The number of Topliss-reactive ketones (excluding diaryl/α,β-unsaturated/α-hetero) is 2. The molecule has 4 atom stereocenters. The van der Waals surface area contributed by atoms with Gasteiger partial charge in [-0.3, -0.25) is 14.4 Å². The molecule has 96 valence electrons. The number of hydrogen-bond acceptors (Lipinski definition) is 5. The predicted molar refractivity (Wildman–Crippen MR) is 61.6 cm³/mol. The van der Waals surface area contributed by atoms with E-state index in [1.165, 1.54) is 7.11 Å². The van der Waals surface area contributed by atoms with Crippen molar-refractivity contribution in [3.8, 4) is 0 Å². The van der Waals surface area contributed by atoms with Crippen LogP contribution in [0.1, 0.15) is 19.3 Å². The molecule has 3 saturated carbocycles. The summed E-state index contributed by atoms with van der Waals surface area (Å²) in [5, 5.41) is 0. The highest BCUT2D eigenvalue weighted by molar-refractivity contribution is 6.38. The van der Waals surface area contributed by atoms with Crippen molar-refractivity contribution >= 4 is 29.9 Å². The highest BCUT2D eigenvalue weighted by Gasteiger charge is 2.50. The van der Waals surface area contributed by atoms with Crippen LogP contribution in [0, 0.1) is 17.8 Å². The Hall–Kier alpha value is -0.940. The normalized spacial score (nSPS) is 36.1. The van der Waals surface area contributed by atoms with Crippen LogP contribution in [0.2, 0.25) is 0 Å². The lowest BCUT2D eigenvalue weighted by Crippen LogP contribution is -2.49. The number of rotatable bonds is 1. The number of carbonyl (C=O) groups excluding carboxylic acids is 3. The number of ketones is 2. The summed E-state index contributed by atoms with van der Waals surface area (Å²) in [6, 6.07) is -0.565. The van der Waals surface area contributed by atoms with E-state index in [9.17, 15) is 14.4 Å². The summed E-state index contributed by atoms with van der Waals surface area (Å²) in [7, 11) is 1.30. The number of ether oxygens (including phenoxy) is 1. The minimum atomic E-state index is -0.565. The number of esters is 1. The van der Waals surface area contributed by atoms with Gasteiger partial charge in [-0.1, -0.05) is 0 Å². The summed E-state index contributed by atoms with van der Waals surface area (Å²) < 4.78 is 4.70. The first-order chi connectivity index (χ1) is 7.56. The van der Waals surface area contributed by atoms with Crippen LogP contribution in [-0.2, 0) is 19.1 Å². The van der Waals surface area contributed by atoms with Crippen LogP contribution in [0.15, 0.2) is 0 Å². The monoisotopic (exact) mass is 261 g/mol. The molecule has 17 heavy (non-hydrogen) atoms. The molecule has 3 aliphatic rings. The summed E-state index contributed by atoms with van der Waals surface area (Å²) >= 11 is 0. The average Bonchev–Trinajstić information content (AvgIpc) is 2.45. The molecule has 0 aromatic rings. The van der Waals surface area contributed by atoms with Gasteiger partial charge in [0.25, 0.3) is 0 Å². The van der Waals surface area contributed by atoms with E-state index in [4.69, 9.17) is 10.5 Å². The minimum absolute atomic E-state index is 0. The van der Waals surface area contributed by atoms with E-state index in [0.717, 1.165) is 0 Å². The fourth-order valence-electron chi connectivity index (χ4n) is 2.90. The van der Waals surface area contributed by atoms with Crippen LogP contribution >= 0.6 is 12.4 Å². The Bertz CT molecular complexity index is 355. The molecule has 0 aromatic carbocycles. The van der Waals surface area contributed by atoms with Crippen molar-refractivity contribution in [2.24, 2.45) is 23.5 Å². The lowest BCUT2D eigenvalue weighted by atomic mass is 9.72. The predicted octanol–water partition coefficient (Wildman–Crippen LogP) is 0.0928. The van der Waals surface area contributed by atoms with Crippen molar-refractivity contribution < 1.29 is 19.1 Å². The van der Waals surface area contributed by atoms with Gasteiger partial charge in [0.05, 0.1) is 13.0 Å². The van der Waals surface area contributed by atoms with Crippen molar-refractivity contribution in [2.45, 2.75) is 25.3 Å². The van der Waals surface area contributed by atoms with E-state index in [2.05, 4.69) is 0 Å². The maximum Gasteiger partial charge on any atom is 0.310 e. The maximum atomic E-state index is 11.7. The number of fused-ring (bicyclic) bond motifs is 4. The quantitative estimate of drug-likeness (QED) is 0.534. The van der Waals surface area contributed by atoms with Gasteiger partial charge in [0.15, 0.2) is 5.78 Å². The highest BCUT2D eigenvalue weighted by atomic mass is 35.5. The Balaban J connectivity index is 0.00000144. The van der Waals surface area contributed by atoms with Crippen molar-refractivity contribution in [1.29, 1.82) is 0 Å². The van der Waals surface area contributed by atoms with Crippen molar-refractivity contribution in [3.05, 3.63) is 0 Å². The molecule has 0 spiro atoms. The zero-order valence-electron chi connectivity index (χ0n) is 9.55. The van der Waals surface area contributed by atoms with Gasteiger partial charge in [-0.2, -0.15) is 0 Å². The van der Waals surface area contributed by atoms with Gasteiger partial charge in [-0.25, -0.2) is 0 Å². The van der Waals surface area contributed by atoms with Gasteiger partial charge >= 0.3 is 5.97 Å². The van der Waals surface area contributed by atoms with Crippen LogP contribution < -0.4 is 5.73 Å². The molecule has 0 saturated heterocycles. The molecule has 3 aliphatic carbocycles. The third kappa shape index (κ3) is 2.21. The molecule has 0 heterocycles. The summed E-state index contributed by atoms with van der Waals surface area (Å²) in [5.41, 5.74) is 5.92. The van der Waals surface area contributed by atoms with E-state index in [-0.39, 0.29) is 30.5 Å². The number of nitrogens with two attached hydrogens (primary N) is 1. The first-order valence-electron chi connectivity index (χ1n) is 5.46. The largest absolute Gasteiger partial charge is 0.469 e. The summed E-state index contributed by atoms with van der Waals surface area (Å²) in [6.45, 7) is 0. The van der Waals surface area contributed by atoms with E-state index in [1.54, 1.807) is 0 Å². The molecule has 3 fully saturated rings. The molecule has 5 nitrogen and oxygen atoms in total. The van der Waals surface area contributed by atoms with Crippen molar-refractivity contribution in [2.75, 3.05) is 7.11 Å². The topological polar surface area (TPSA) is 86.5 Å². The molecule has 0 aliphatic heterocycles. The highest BCUT2D eigenvalue weighted by Crippen LogP contribution is 2.40. The first-order valence-corrected chi connectivity index (χ1v) is 5.46. The molecular formula is C11H16ClNO4. The third-order valence-electron chi connectivity index (χ3n) is 3.77. The molecule has 6 heteroatoms. The Labute approximate surface area is 105 Å². The van der Waals surface area contributed by atoms with E-state index in [0.29, 0.717) is 12.8 Å². The Morgan fingerprint density at radius 2 is 2.00 bits per heavy atom. The van der Waals surface area contributed by atoms with Gasteiger partial charge < -0.3 is 10.5 Å². The molecule has 2 bridgehead atoms. The summed E-state index contributed by atoms with van der Waals surface area (Å²) in [5.74, 6) is -2.30. The van der Waals surface area contributed by atoms with Crippen molar-refractivity contribution in [1.82, 2.24) is 0 Å². The molecule has 0 aromatic heterocycles. The molecular weight excluding hydrogens is 246 g/mol. The second kappa shape index (κ2) is 5.14. The van der Waals surface area contributed by atoms with Crippen molar-refractivity contribution in [3.63, 3.8) is 0 Å². The average molecular weight is 262 g/mol. The fraction of sp³-hybridized carbons (Fsp3) is 0.727. The van der Waals surface area contributed by atoms with Crippen LogP contribution in [0.3, 0.4) is 0 Å². The number of halogens is 1. The Morgan fingerprint density at radius 3 is 2.59 bits per heavy atom. The summed E-state index contributed by atoms with van der Waals surface area (Å²) in [6.07, 6.45) is 1.46. The second-order valence-corrected chi connectivity index (χ2v) is 4.56. The lowest BCUT2D eigenvalue weighted by molar-refractivity contribution is -0.150. The van der Waals surface area contributed by atoms with E-state index >= 15 is 0 Å². The zero-order valence-corrected chi connectivity index (χ0v) is 10.4. The number of carbonyl (C=O) groups is 3. The minimum Gasteiger partial charge on any atom is -0.469 e. The van der Waals surface area contributed by atoms with Gasteiger partial charge in [0, 0.05) is 18.4 Å². The second-order valence-electron chi connectivity index (χ2n) is 4.56. The van der Waals surface area contributed by atoms with E-state index in [1.807, 2.05) is 0 Å². The van der Waals surface area contributed by atoms with Gasteiger partial charge in [0.1, 0.15) is 0 Å². The van der Waals surface area contributed by atoms with Gasteiger partial charge in [0.2, 0.25) is 5.78 Å². The van der Waals surface area contributed by atoms with Crippen LogP contribution in [0.5, 0.6) is 0 Å². The van der Waals surface area contributed by atoms with Gasteiger partial charge in [-0.15, -0.1) is 12.4 Å². The first kappa shape index (κ1) is 14.1. The third-order valence-corrected chi connectivity index (χ3v) is 3.77. The lowest BCUT2D eigenvalue weighted by Gasteiger charge is -2.34. The Morgan fingerprint density at radius 1 is 1.35 bits per heavy atom. The van der Waals surface area contributed by atoms with E-state index < -0.39 is 29.6 Å². The number of methoxy groups -OCH3 is 1. The number of hydrogen-bond donors (Lipinski definition) is 1. The molecule has 3 rings (SSSR count). The van der Waals surface area contributed by atoms with Gasteiger partial charge in [-0.05, 0) is 18.8 Å². The SMILES string of the molecule is COC(=O)C1C2CCC(C(=O)C(=O)C2)C1N.Cl. The molecule has 4 unspecified atom stereocenters. The zero-order chi connectivity index (χ0) is 11.9. The molecule has 0 amide bonds.